The first kappa shape index (κ1) is 15.4. The van der Waals surface area contributed by atoms with Crippen LogP contribution in [0.2, 0.25) is 0 Å². The first-order valence-corrected chi connectivity index (χ1v) is 8.20. The zero-order valence-electron chi connectivity index (χ0n) is 13.2. The molecule has 0 spiro atoms. The van der Waals surface area contributed by atoms with Crippen LogP contribution in [-0.2, 0) is 17.6 Å². The number of halogens is 2. The van der Waals surface area contributed by atoms with Crippen LogP contribution in [0.1, 0.15) is 24.1 Å². The molecule has 1 aliphatic carbocycles. The summed E-state index contributed by atoms with van der Waals surface area (Å²) in [6.07, 6.45) is 4.76. The lowest BCUT2D eigenvalue weighted by molar-refractivity contribution is -0.156. The molecule has 0 saturated carbocycles. The van der Waals surface area contributed by atoms with Gasteiger partial charge < -0.3 is 9.64 Å². The van der Waals surface area contributed by atoms with Crippen molar-refractivity contribution in [2.75, 3.05) is 18.0 Å². The molecular formula is C17H18F2N4O. The van der Waals surface area contributed by atoms with Crippen LogP contribution < -0.4 is 4.90 Å². The molecule has 2 aromatic rings. The summed E-state index contributed by atoms with van der Waals surface area (Å²) in [6.45, 7) is -1.62. The Hall–Kier alpha value is -2.15. The lowest BCUT2D eigenvalue weighted by Crippen LogP contribution is -2.26. The number of fused-ring (bicyclic) bond motifs is 1. The zero-order chi connectivity index (χ0) is 16.5. The summed E-state index contributed by atoms with van der Waals surface area (Å²) in [5, 5.41) is 0. The molecule has 1 saturated heterocycles. The molecule has 7 heteroatoms. The van der Waals surface area contributed by atoms with Gasteiger partial charge in [-0.2, -0.15) is 8.78 Å². The third-order valence-electron chi connectivity index (χ3n) is 4.55. The van der Waals surface area contributed by atoms with E-state index in [2.05, 4.69) is 14.7 Å². The molecule has 1 aliphatic heterocycles. The Bertz CT molecular complexity index is 726. The van der Waals surface area contributed by atoms with Crippen molar-refractivity contribution < 1.29 is 13.5 Å². The van der Waals surface area contributed by atoms with Crippen LogP contribution in [0.4, 0.5) is 14.6 Å². The smallest absolute Gasteiger partial charge is 0.345 e. The monoisotopic (exact) mass is 332 g/mol. The molecule has 2 aliphatic rings. The predicted octanol–water partition coefficient (Wildman–Crippen LogP) is 2.85. The minimum Gasteiger partial charge on any atom is -0.354 e. The standard InChI is InChI=1S/C17H18F2N4O/c18-17(19)24-11-7-9-23(10-11)16-12-4-3-6-13(12)21-15(22-16)14-5-1-2-8-20-14/h1-2,5,8,11,17H,3-4,6-7,9-10H2/t11-/m0/s1. The third kappa shape index (κ3) is 2.96. The average Bonchev–Trinajstić information content (AvgIpc) is 3.23. The van der Waals surface area contributed by atoms with Crippen LogP contribution in [0.15, 0.2) is 24.4 Å². The van der Waals surface area contributed by atoms with E-state index < -0.39 is 12.7 Å². The lowest BCUT2D eigenvalue weighted by atomic mass is 10.2. The molecule has 2 aromatic heterocycles. The lowest BCUT2D eigenvalue weighted by Gasteiger charge is -2.21. The Morgan fingerprint density at radius 3 is 2.92 bits per heavy atom. The van der Waals surface area contributed by atoms with Crippen LogP contribution >= 0.6 is 0 Å². The van der Waals surface area contributed by atoms with Crippen LogP contribution in [-0.4, -0.2) is 40.8 Å². The molecule has 3 heterocycles. The summed E-state index contributed by atoms with van der Waals surface area (Å²) in [5.41, 5.74) is 2.93. The first-order chi connectivity index (χ1) is 11.7. The highest BCUT2D eigenvalue weighted by Gasteiger charge is 2.30. The number of aromatic nitrogens is 3. The number of ether oxygens (including phenoxy) is 1. The van der Waals surface area contributed by atoms with Gasteiger partial charge in [0.25, 0.3) is 0 Å². The predicted molar refractivity (Wildman–Crippen MR) is 85.0 cm³/mol. The van der Waals surface area contributed by atoms with E-state index in [1.54, 1.807) is 6.20 Å². The third-order valence-corrected chi connectivity index (χ3v) is 4.55. The number of hydrogen-bond acceptors (Lipinski definition) is 5. The number of hydrogen-bond donors (Lipinski definition) is 0. The normalized spacial score (nSPS) is 20.0. The maximum absolute atomic E-state index is 12.4. The summed E-state index contributed by atoms with van der Waals surface area (Å²) in [4.78, 5) is 15.8. The van der Waals surface area contributed by atoms with Gasteiger partial charge >= 0.3 is 6.61 Å². The van der Waals surface area contributed by atoms with Crippen molar-refractivity contribution in [1.82, 2.24) is 15.0 Å². The molecule has 24 heavy (non-hydrogen) atoms. The minimum atomic E-state index is -2.73. The largest absolute Gasteiger partial charge is 0.354 e. The summed E-state index contributed by atoms with van der Waals surface area (Å²) in [7, 11) is 0. The summed E-state index contributed by atoms with van der Waals surface area (Å²) in [6, 6.07) is 5.64. The van der Waals surface area contributed by atoms with E-state index in [1.807, 2.05) is 23.1 Å². The van der Waals surface area contributed by atoms with E-state index in [9.17, 15) is 8.78 Å². The minimum absolute atomic E-state index is 0.440. The topological polar surface area (TPSA) is 51.1 Å². The van der Waals surface area contributed by atoms with Gasteiger partial charge in [-0.15, -0.1) is 0 Å². The maximum Gasteiger partial charge on any atom is 0.345 e. The SMILES string of the molecule is FC(F)O[C@H]1CCN(c2nc(-c3ccccn3)nc3c2CCC3)C1. The van der Waals surface area contributed by atoms with Crippen molar-refractivity contribution in [2.45, 2.75) is 38.4 Å². The first-order valence-electron chi connectivity index (χ1n) is 8.20. The van der Waals surface area contributed by atoms with Crippen molar-refractivity contribution in [3.63, 3.8) is 0 Å². The van der Waals surface area contributed by atoms with Gasteiger partial charge in [0.1, 0.15) is 11.5 Å². The molecule has 0 amide bonds. The van der Waals surface area contributed by atoms with Crippen molar-refractivity contribution in [1.29, 1.82) is 0 Å². The molecule has 5 nitrogen and oxygen atoms in total. The average molecular weight is 332 g/mol. The number of pyridine rings is 1. The number of rotatable bonds is 4. The molecule has 4 rings (SSSR count). The highest BCUT2D eigenvalue weighted by atomic mass is 19.3. The molecule has 1 atom stereocenters. The molecule has 0 radical (unpaired) electrons. The fraction of sp³-hybridized carbons (Fsp3) is 0.471. The second kappa shape index (κ2) is 6.39. The summed E-state index contributed by atoms with van der Waals surface area (Å²) in [5.74, 6) is 1.46. The van der Waals surface area contributed by atoms with E-state index in [0.29, 0.717) is 25.3 Å². The van der Waals surface area contributed by atoms with Gasteiger partial charge in [-0.3, -0.25) is 4.98 Å². The van der Waals surface area contributed by atoms with Crippen molar-refractivity contribution in [2.24, 2.45) is 0 Å². The fourth-order valence-electron chi connectivity index (χ4n) is 3.46. The molecule has 1 fully saturated rings. The molecule has 0 unspecified atom stereocenters. The van der Waals surface area contributed by atoms with E-state index >= 15 is 0 Å². The van der Waals surface area contributed by atoms with Gasteiger partial charge in [0.15, 0.2) is 5.82 Å². The van der Waals surface area contributed by atoms with E-state index in [0.717, 1.165) is 42.0 Å². The summed E-state index contributed by atoms with van der Waals surface area (Å²) < 4.78 is 29.6. The highest BCUT2D eigenvalue weighted by molar-refractivity contribution is 5.59. The number of anilines is 1. The zero-order valence-corrected chi connectivity index (χ0v) is 13.2. The molecular weight excluding hydrogens is 314 g/mol. The van der Waals surface area contributed by atoms with Gasteiger partial charge in [-0.1, -0.05) is 6.07 Å². The fourth-order valence-corrected chi connectivity index (χ4v) is 3.46. The van der Waals surface area contributed by atoms with Gasteiger partial charge in [-0.25, -0.2) is 9.97 Å². The quantitative estimate of drug-likeness (QED) is 0.862. The number of nitrogens with zero attached hydrogens (tertiary/aromatic N) is 4. The Morgan fingerprint density at radius 1 is 1.21 bits per heavy atom. The second-order valence-corrected chi connectivity index (χ2v) is 6.12. The van der Waals surface area contributed by atoms with Gasteiger partial charge in [0, 0.05) is 30.5 Å². The Kier molecular flexibility index (Phi) is 4.10. The Morgan fingerprint density at radius 2 is 2.12 bits per heavy atom. The van der Waals surface area contributed by atoms with E-state index in [4.69, 9.17) is 4.98 Å². The Labute approximate surface area is 138 Å². The Balaban J connectivity index is 1.67. The summed E-state index contributed by atoms with van der Waals surface area (Å²) >= 11 is 0. The van der Waals surface area contributed by atoms with E-state index in [-0.39, 0.29) is 0 Å². The number of alkyl halides is 2. The van der Waals surface area contributed by atoms with Crippen LogP contribution in [0, 0.1) is 0 Å². The van der Waals surface area contributed by atoms with Crippen molar-refractivity contribution in [3.05, 3.63) is 35.7 Å². The van der Waals surface area contributed by atoms with Crippen LogP contribution in [0.3, 0.4) is 0 Å². The van der Waals surface area contributed by atoms with Gasteiger partial charge in [0.2, 0.25) is 0 Å². The maximum atomic E-state index is 12.4. The van der Waals surface area contributed by atoms with E-state index in [1.165, 1.54) is 0 Å². The highest BCUT2D eigenvalue weighted by Crippen LogP contribution is 2.33. The molecule has 0 bridgehead atoms. The van der Waals surface area contributed by atoms with Crippen LogP contribution in [0.25, 0.3) is 11.5 Å². The van der Waals surface area contributed by atoms with Crippen molar-refractivity contribution >= 4 is 5.82 Å². The van der Waals surface area contributed by atoms with Crippen LogP contribution in [0.5, 0.6) is 0 Å². The van der Waals surface area contributed by atoms with Gasteiger partial charge in [-0.05, 0) is 37.8 Å². The second-order valence-electron chi connectivity index (χ2n) is 6.12. The van der Waals surface area contributed by atoms with Crippen molar-refractivity contribution in [3.8, 4) is 11.5 Å². The molecule has 0 N–H and O–H groups in total. The van der Waals surface area contributed by atoms with Gasteiger partial charge in [0.05, 0.1) is 6.10 Å². The number of aryl methyl sites for hydroxylation is 1. The molecule has 126 valence electrons. The molecule has 0 aromatic carbocycles.